The molecular formula is C16H25NO2. The summed E-state index contributed by atoms with van der Waals surface area (Å²) in [5.74, 6) is -0.155. The molecule has 0 aliphatic rings. The predicted octanol–water partition coefficient (Wildman–Crippen LogP) is 3.29. The number of carboxylic acid groups (broad SMARTS) is 1. The number of aromatic carboxylic acids is 1. The van der Waals surface area contributed by atoms with E-state index in [1.807, 2.05) is 12.1 Å². The lowest BCUT2D eigenvalue weighted by atomic mass is 10.0. The van der Waals surface area contributed by atoms with E-state index in [1.165, 1.54) is 0 Å². The normalized spacial score (nSPS) is 12.9. The van der Waals surface area contributed by atoms with Gasteiger partial charge in [-0.05, 0) is 44.4 Å². The third kappa shape index (κ3) is 5.03. The molecule has 1 aromatic rings. The van der Waals surface area contributed by atoms with Crippen LogP contribution in [0.3, 0.4) is 0 Å². The Morgan fingerprint density at radius 2 is 1.89 bits per heavy atom. The largest absolute Gasteiger partial charge is 0.478 e. The lowest BCUT2D eigenvalue weighted by molar-refractivity contribution is 0.0695. The van der Waals surface area contributed by atoms with Gasteiger partial charge in [0.15, 0.2) is 0 Å². The van der Waals surface area contributed by atoms with Crippen LogP contribution in [0.1, 0.15) is 43.1 Å². The van der Waals surface area contributed by atoms with Crippen LogP contribution >= 0.6 is 0 Å². The van der Waals surface area contributed by atoms with Gasteiger partial charge in [0.2, 0.25) is 0 Å². The van der Waals surface area contributed by atoms with Crippen LogP contribution in [0.25, 0.3) is 0 Å². The summed E-state index contributed by atoms with van der Waals surface area (Å²) in [4.78, 5) is 13.4. The number of benzene rings is 1. The average Bonchev–Trinajstić information content (AvgIpc) is 2.35. The number of nitrogens with zero attached hydrogens (tertiary/aromatic N) is 1. The molecule has 0 fully saturated rings. The van der Waals surface area contributed by atoms with Crippen LogP contribution in [0.15, 0.2) is 24.3 Å². The van der Waals surface area contributed by atoms with Gasteiger partial charge in [0, 0.05) is 12.6 Å². The molecule has 1 N–H and O–H groups in total. The van der Waals surface area contributed by atoms with Crippen molar-refractivity contribution in [3.63, 3.8) is 0 Å². The molecule has 19 heavy (non-hydrogen) atoms. The van der Waals surface area contributed by atoms with Gasteiger partial charge in [-0.2, -0.15) is 0 Å². The van der Waals surface area contributed by atoms with E-state index in [0.717, 1.165) is 24.9 Å². The fraction of sp³-hybridized carbons (Fsp3) is 0.562. The van der Waals surface area contributed by atoms with Crippen molar-refractivity contribution in [2.45, 2.75) is 39.7 Å². The second-order valence-corrected chi connectivity index (χ2v) is 5.67. The molecule has 0 aliphatic carbocycles. The van der Waals surface area contributed by atoms with Crippen LogP contribution in [-0.2, 0) is 6.42 Å². The SMILES string of the molecule is CC(C)CC(C)N(C)CCc1ccccc1C(=O)O. The Kier molecular flexibility index (Phi) is 6.03. The third-order valence-corrected chi connectivity index (χ3v) is 3.55. The Labute approximate surface area is 116 Å². The zero-order valence-electron chi connectivity index (χ0n) is 12.4. The first kappa shape index (κ1) is 15.7. The zero-order chi connectivity index (χ0) is 14.4. The quantitative estimate of drug-likeness (QED) is 0.820. The highest BCUT2D eigenvalue weighted by molar-refractivity contribution is 5.89. The molecule has 1 aromatic carbocycles. The molecule has 3 heteroatoms. The summed E-state index contributed by atoms with van der Waals surface area (Å²) in [6, 6.07) is 7.79. The molecular weight excluding hydrogens is 238 g/mol. The molecule has 0 spiro atoms. The van der Waals surface area contributed by atoms with Crippen LogP contribution in [-0.4, -0.2) is 35.6 Å². The highest BCUT2D eigenvalue weighted by Gasteiger charge is 2.13. The molecule has 0 aliphatic heterocycles. The molecule has 1 unspecified atom stereocenters. The minimum absolute atomic E-state index is 0.424. The van der Waals surface area contributed by atoms with Crippen LogP contribution in [0, 0.1) is 5.92 Å². The van der Waals surface area contributed by atoms with Crippen LogP contribution in [0.4, 0.5) is 0 Å². The first-order valence-corrected chi connectivity index (χ1v) is 6.93. The van der Waals surface area contributed by atoms with Crippen molar-refractivity contribution < 1.29 is 9.90 Å². The second kappa shape index (κ2) is 7.29. The molecule has 0 aromatic heterocycles. The average molecular weight is 263 g/mol. The number of rotatable bonds is 7. The molecule has 1 rings (SSSR count). The molecule has 0 saturated carbocycles. The van der Waals surface area contributed by atoms with Crippen molar-refractivity contribution in [2.75, 3.05) is 13.6 Å². The fourth-order valence-electron chi connectivity index (χ4n) is 2.33. The Balaban J connectivity index is 2.59. The van der Waals surface area contributed by atoms with E-state index in [4.69, 9.17) is 5.11 Å². The van der Waals surface area contributed by atoms with Crippen molar-refractivity contribution in [3.8, 4) is 0 Å². The van der Waals surface area contributed by atoms with Gasteiger partial charge in [-0.1, -0.05) is 32.0 Å². The molecule has 0 amide bonds. The number of carbonyl (C=O) groups is 1. The highest BCUT2D eigenvalue weighted by Crippen LogP contribution is 2.13. The Bertz CT molecular complexity index is 415. The predicted molar refractivity (Wildman–Crippen MR) is 78.7 cm³/mol. The summed E-state index contributed by atoms with van der Waals surface area (Å²) in [6.07, 6.45) is 1.94. The monoisotopic (exact) mass is 263 g/mol. The summed E-state index contributed by atoms with van der Waals surface area (Å²) in [5.41, 5.74) is 1.34. The smallest absolute Gasteiger partial charge is 0.335 e. The summed E-state index contributed by atoms with van der Waals surface area (Å²) in [6.45, 7) is 7.56. The molecule has 0 bridgehead atoms. The van der Waals surface area contributed by atoms with Crippen LogP contribution < -0.4 is 0 Å². The van der Waals surface area contributed by atoms with Gasteiger partial charge in [-0.15, -0.1) is 0 Å². The zero-order valence-corrected chi connectivity index (χ0v) is 12.4. The van der Waals surface area contributed by atoms with Crippen LogP contribution in [0.2, 0.25) is 0 Å². The van der Waals surface area contributed by atoms with Gasteiger partial charge in [-0.25, -0.2) is 4.79 Å². The van der Waals surface area contributed by atoms with Gasteiger partial charge in [0.1, 0.15) is 0 Å². The van der Waals surface area contributed by atoms with Gasteiger partial charge in [0.05, 0.1) is 5.56 Å². The maximum Gasteiger partial charge on any atom is 0.335 e. The van der Waals surface area contributed by atoms with E-state index in [9.17, 15) is 4.79 Å². The van der Waals surface area contributed by atoms with E-state index in [0.29, 0.717) is 17.5 Å². The topological polar surface area (TPSA) is 40.5 Å². The van der Waals surface area contributed by atoms with E-state index >= 15 is 0 Å². The Morgan fingerprint density at radius 3 is 2.47 bits per heavy atom. The first-order valence-electron chi connectivity index (χ1n) is 6.93. The maximum atomic E-state index is 11.1. The standard InChI is InChI=1S/C16H25NO2/c1-12(2)11-13(3)17(4)10-9-14-7-5-6-8-15(14)16(18)19/h5-8,12-13H,9-11H2,1-4H3,(H,18,19). The fourth-order valence-corrected chi connectivity index (χ4v) is 2.33. The number of hydrogen-bond donors (Lipinski definition) is 1. The van der Waals surface area contributed by atoms with E-state index in [2.05, 4.69) is 32.7 Å². The Hall–Kier alpha value is -1.35. The molecule has 1 atom stereocenters. The van der Waals surface area contributed by atoms with Crippen molar-refractivity contribution in [1.29, 1.82) is 0 Å². The molecule has 0 heterocycles. The second-order valence-electron chi connectivity index (χ2n) is 5.67. The molecule has 106 valence electrons. The van der Waals surface area contributed by atoms with Crippen molar-refractivity contribution in [1.82, 2.24) is 4.90 Å². The summed E-state index contributed by atoms with van der Waals surface area (Å²) >= 11 is 0. The van der Waals surface area contributed by atoms with Gasteiger partial charge < -0.3 is 10.0 Å². The maximum absolute atomic E-state index is 11.1. The minimum atomic E-state index is -0.839. The summed E-state index contributed by atoms with van der Waals surface area (Å²) in [5, 5.41) is 9.15. The highest BCUT2D eigenvalue weighted by atomic mass is 16.4. The molecule has 3 nitrogen and oxygen atoms in total. The number of hydrogen-bond acceptors (Lipinski definition) is 2. The summed E-state index contributed by atoms with van der Waals surface area (Å²) in [7, 11) is 2.11. The van der Waals surface area contributed by atoms with Gasteiger partial charge >= 0.3 is 5.97 Å². The van der Waals surface area contributed by atoms with Crippen molar-refractivity contribution >= 4 is 5.97 Å². The summed E-state index contributed by atoms with van der Waals surface area (Å²) < 4.78 is 0. The molecule has 0 radical (unpaired) electrons. The van der Waals surface area contributed by atoms with E-state index in [1.54, 1.807) is 12.1 Å². The lowest BCUT2D eigenvalue weighted by Gasteiger charge is -2.26. The number of likely N-dealkylation sites (N-methyl/N-ethyl adjacent to an activating group) is 1. The van der Waals surface area contributed by atoms with Gasteiger partial charge in [0.25, 0.3) is 0 Å². The first-order chi connectivity index (χ1) is 8.91. The van der Waals surface area contributed by atoms with Crippen LogP contribution in [0.5, 0.6) is 0 Å². The number of carboxylic acids is 1. The van der Waals surface area contributed by atoms with Gasteiger partial charge in [-0.3, -0.25) is 0 Å². The van der Waals surface area contributed by atoms with Crippen molar-refractivity contribution in [3.05, 3.63) is 35.4 Å². The lowest BCUT2D eigenvalue weighted by Crippen LogP contribution is -2.32. The van der Waals surface area contributed by atoms with E-state index in [-0.39, 0.29) is 0 Å². The molecule has 0 saturated heterocycles. The van der Waals surface area contributed by atoms with E-state index < -0.39 is 5.97 Å². The van der Waals surface area contributed by atoms with Crippen molar-refractivity contribution in [2.24, 2.45) is 5.92 Å². The Morgan fingerprint density at radius 1 is 1.26 bits per heavy atom. The minimum Gasteiger partial charge on any atom is -0.478 e. The third-order valence-electron chi connectivity index (χ3n) is 3.55.